The summed E-state index contributed by atoms with van der Waals surface area (Å²) in [6, 6.07) is 27.1. The van der Waals surface area contributed by atoms with Gasteiger partial charge in [-0.25, -0.2) is 9.67 Å². The van der Waals surface area contributed by atoms with E-state index in [1.54, 1.807) is 42.5 Å². The number of ether oxygens (including phenoxy) is 1. The molecule has 0 saturated carbocycles. The van der Waals surface area contributed by atoms with E-state index in [0.29, 0.717) is 33.3 Å². The van der Waals surface area contributed by atoms with Gasteiger partial charge in [0, 0.05) is 21.8 Å². The zero-order chi connectivity index (χ0) is 26.7. The minimum absolute atomic E-state index is 0.308. The number of alkyl halides is 3. The lowest BCUT2D eigenvalue weighted by Crippen LogP contribution is -2.17. The number of aromatic nitrogens is 3. The highest BCUT2D eigenvalue weighted by molar-refractivity contribution is 6.31. The van der Waals surface area contributed by atoms with Crippen LogP contribution in [-0.4, -0.2) is 27.0 Å². The van der Waals surface area contributed by atoms with Crippen LogP contribution in [0.3, 0.4) is 0 Å². The van der Waals surface area contributed by atoms with Crippen LogP contribution in [0.2, 0.25) is 5.02 Å². The molecule has 190 valence electrons. The van der Waals surface area contributed by atoms with Crippen molar-refractivity contribution in [3.05, 3.63) is 114 Å². The second kappa shape index (κ2) is 10.4. The van der Waals surface area contributed by atoms with Gasteiger partial charge in [0.1, 0.15) is 12.1 Å². The predicted octanol–water partition coefficient (Wildman–Crippen LogP) is 7.41. The molecule has 0 aliphatic heterocycles. The molecule has 4 aromatic carbocycles. The molecule has 0 bridgehead atoms. The fourth-order valence-electron chi connectivity index (χ4n) is 3.74. The van der Waals surface area contributed by atoms with Crippen LogP contribution in [0.5, 0.6) is 5.75 Å². The van der Waals surface area contributed by atoms with Crippen LogP contribution in [0.25, 0.3) is 28.2 Å². The van der Waals surface area contributed by atoms with E-state index in [-0.39, 0.29) is 11.7 Å². The molecule has 0 spiro atoms. The summed E-state index contributed by atoms with van der Waals surface area (Å²) in [6.07, 6.45) is -3.30. The Morgan fingerprint density at radius 3 is 2.24 bits per heavy atom. The number of carbonyl (C=O) groups excluding carboxylic acids is 1. The molecular formula is C28H18ClF3N4O2. The van der Waals surface area contributed by atoms with E-state index < -0.39 is 6.36 Å². The van der Waals surface area contributed by atoms with Gasteiger partial charge >= 0.3 is 6.36 Å². The topological polar surface area (TPSA) is 69.0 Å². The van der Waals surface area contributed by atoms with Gasteiger partial charge in [0.25, 0.3) is 5.91 Å². The van der Waals surface area contributed by atoms with Gasteiger partial charge in [0.15, 0.2) is 5.82 Å². The number of hydrogen-bond acceptors (Lipinski definition) is 4. The van der Waals surface area contributed by atoms with Crippen molar-refractivity contribution >= 4 is 23.2 Å². The Morgan fingerprint density at radius 1 is 0.842 bits per heavy atom. The van der Waals surface area contributed by atoms with E-state index in [2.05, 4.69) is 20.1 Å². The largest absolute Gasteiger partial charge is 0.573 e. The molecule has 5 aromatic rings. The maximum atomic E-state index is 12.9. The molecule has 0 aliphatic carbocycles. The third kappa shape index (κ3) is 6.01. The predicted molar refractivity (Wildman–Crippen MR) is 138 cm³/mol. The lowest BCUT2D eigenvalue weighted by atomic mass is 10.0. The van der Waals surface area contributed by atoms with Crippen LogP contribution in [0.15, 0.2) is 103 Å². The van der Waals surface area contributed by atoms with Crippen molar-refractivity contribution in [3.63, 3.8) is 0 Å². The van der Waals surface area contributed by atoms with Crippen molar-refractivity contribution in [3.8, 4) is 34.0 Å². The van der Waals surface area contributed by atoms with Gasteiger partial charge < -0.3 is 10.1 Å². The normalized spacial score (nSPS) is 11.3. The second-order valence-electron chi connectivity index (χ2n) is 8.18. The Bertz CT molecular complexity index is 1570. The highest BCUT2D eigenvalue weighted by Crippen LogP contribution is 2.27. The smallest absolute Gasteiger partial charge is 0.406 e. The first-order valence-corrected chi connectivity index (χ1v) is 11.7. The van der Waals surface area contributed by atoms with Crippen molar-refractivity contribution in [1.29, 1.82) is 0 Å². The van der Waals surface area contributed by atoms with E-state index in [0.717, 1.165) is 11.1 Å². The first-order valence-electron chi connectivity index (χ1n) is 11.3. The van der Waals surface area contributed by atoms with Crippen LogP contribution in [0, 0.1) is 0 Å². The van der Waals surface area contributed by atoms with Gasteiger partial charge in [-0.1, -0.05) is 41.9 Å². The van der Waals surface area contributed by atoms with Gasteiger partial charge in [-0.15, -0.1) is 18.3 Å². The number of hydrogen-bond donors (Lipinski definition) is 1. The third-order valence-electron chi connectivity index (χ3n) is 5.49. The average molecular weight is 535 g/mol. The summed E-state index contributed by atoms with van der Waals surface area (Å²) in [5, 5.41) is 7.70. The fraction of sp³-hybridized carbons (Fsp3) is 0.0357. The minimum atomic E-state index is -4.76. The summed E-state index contributed by atoms with van der Waals surface area (Å²) in [5.74, 6) is -0.230. The molecule has 0 saturated heterocycles. The summed E-state index contributed by atoms with van der Waals surface area (Å²) in [5.41, 5.74) is 3.98. The van der Waals surface area contributed by atoms with Crippen LogP contribution in [0.4, 0.5) is 18.9 Å². The molecule has 1 heterocycles. The fourth-order valence-corrected chi connectivity index (χ4v) is 3.98. The minimum Gasteiger partial charge on any atom is -0.406 e. The molecule has 5 rings (SSSR count). The quantitative estimate of drug-likeness (QED) is 0.246. The van der Waals surface area contributed by atoms with Gasteiger partial charge in [-0.2, -0.15) is 0 Å². The third-order valence-corrected chi connectivity index (χ3v) is 5.71. The average Bonchev–Trinajstić information content (AvgIpc) is 3.39. The molecule has 1 amide bonds. The number of carbonyl (C=O) groups is 1. The first kappa shape index (κ1) is 25.0. The highest BCUT2D eigenvalue weighted by atomic mass is 35.5. The maximum Gasteiger partial charge on any atom is 0.573 e. The number of anilines is 1. The van der Waals surface area contributed by atoms with Gasteiger partial charge in [-0.3, -0.25) is 4.79 Å². The van der Waals surface area contributed by atoms with Crippen molar-refractivity contribution in [1.82, 2.24) is 14.8 Å². The number of amides is 1. The summed E-state index contributed by atoms with van der Waals surface area (Å²) in [7, 11) is 0. The zero-order valence-corrected chi connectivity index (χ0v) is 20.2. The Labute approximate surface area is 220 Å². The van der Waals surface area contributed by atoms with Crippen molar-refractivity contribution in [2.24, 2.45) is 0 Å². The Balaban J connectivity index is 1.27. The molecule has 38 heavy (non-hydrogen) atoms. The lowest BCUT2D eigenvalue weighted by molar-refractivity contribution is -0.274. The first-order chi connectivity index (χ1) is 18.2. The van der Waals surface area contributed by atoms with Crippen LogP contribution >= 0.6 is 11.6 Å². The maximum absolute atomic E-state index is 12.9. The van der Waals surface area contributed by atoms with E-state index in [4.69, 9.17) is 11.6 Å². The van der Waals surface area contributed by atoms with E-state index >= 15 is 0 Å². The molecule has 0 fully saturated rings. The number of benzene rings is 4. The standard InChI is InChI=1S/C28H18ClF3N4O2/c29-22-15-20(18-4-2-1-3-5-18)14-21(16-22)27(37)34-23-8-6-19(7-9-23)26-33-17-36(35-26)24-10-12-25(13-11-24)38-28(30,31)32/h1-17H,(H,34,37). The van der Waals surface area contributed by atoms with Crippen LogP contribution in [-0.2, 0) is 0 Å². The Morgan fingerprint density at radius 2 is 1.55 bits per heavy atom. The van der Waals surface area contributed by atoms with Gasteiger partial charge in [0.2, 0.25) is 0 Å². The Kier molecular flexibility index (Phi) is 6.85. The molecule has 10 heteroatoms. The summed E-state index contributed by atoms with van der Waals surface area (Å²) >= 11 is 6.27. The highest BCUT2D eigenvalue weighted by Gasteiger charge is 2.31. The summed E-state index contributed by atoms with van der Waals surface area (Å²) in [6.45, 7) is 0. The lowest BCUT2D eigenvalue weighted by Gasteiger charge is -2.09. The molecule has 0 unspecified atom stereocenters. The second-order valence-corrected chi connectivity index (χ2v) is 8.62. The van der Waals surface area contributed by atoms with E-state index in [1.165, 1.54) is 35.3 Å². The molecule has 6 nitrogen and oxygen atoms in total. The molecule has 1 N–H and O–H groups in total. The number of rotatable bonds is 6. The van der Waals surface area contributed by atoms with Crippen LogP contribution < -0.4 is 10.1 Å². The van der Waals surface area contributed by atoms with E-state index in [9.17, 15) is 18.0 Å². The van der Waals surface area contributed by atoms with Gasteiger partial charge in [-0.05, 0) is 77.9 Å². The van der Waals surface area contributed by atoms with Crippen molar-refractivity contribution in [2.45, 2.75) is 6.36 Å². The SMILES string of the molecule is O=C(Nc1ccc(-c2ncn(-c3ccc(OC(F)(F)F)cc3)n2)cc1)c1cc(Cl)cc(-c2ccccc2)c1. The molecular weight excluding hydrogens is 517 g/mol. The molecule has 0 radical (unpaired) electrons. The van der Waals surface area contributed by atoms with Crippen molar-refractivity contribution < 1.29 is 22.7 Å². The zero-order valence-electron chi connectivity index (χ0n) is 19.5. The van der Waals surface area contributed by atoms with Crippen molar-refractivity contribution in [2.75, 3.05) is 5.32 Å². The number of nitrogens with zero attached hydrogens (tertiary/aromatic N) is 3. The van der Waals surface area contributed by atoms with Gasteiger partial charge in [0.05, 0.1) is 5.69 Å². The summed E-state index contributed by atoms with van der Waals surface area (Å²) in [4.78, 5) is 17.2. The van der Waals surface area contributed by atoms with Crippen LogP contribution in [0.1, 0.15) is 10.4 Å². The van der Waals surface area contributed by atoms with E-state index in [1.807, 2.05) is 30.3 Å². The monoisotopic (exact) mass is 534 g/mol. The number of halogens is 4. The molecule has 0 atom stereocenters. The molecule has 0 aliphatic rings. The molecule has 1 aromatic heterocycles. The summed E-state index contributed by atoms with van der Waals surface area (Å²) < 4.78 is 42.4. The number of nitrogens with one attached hydrogen (secondary N) is 1. The Hall–Kier alpha value is -4.63.